The summed E-state index contributed by atoms with van der Waals surface area (Å²) in [7, 11) is 1.45. The van der Waals surface area contributed by atoms with Crippen molar-refractivity contribution in [2.45, 2.75) is 32.6 Å². The van der Waals surface area contributed by atoms with E-state index in [1.54, 1.807) is 0 Å². The van der Waals surface area contributed by atoms with Crippen molar-refractivity contribution in [3.8, 4) is 0 Å². The standard InChI is InChI=1S/C15H22N2O2/c1-15(2,3)12-5-6-13(16-9-12)17-8-7-11(10-17)14(18)19-4/h5-6,9,11H,7-8,10H2,1-4H3. The number of pyridine rings is 1. The first-order valence-corrected chi connectivity index (χ1v) is 6.71. The van der Waals surface area contributed by atoms with Gasteiger partial charge in [-0.2, -0.15) is 0 Å². The molecule has 104 valence electrons. The van der Waals surface area contributed by atoms with Crippen molar-refractivity contribution in [1.82, 2.24) is 4.98 Å². The molecule has 1 unspecified atom stereocenters. The van der Waals surface area contributed by atoms with Crippen molar-refractivity contribution in [2.24, 2.45) is 5.92 Å². The van der Waals surface area contributed by atoms with Crippen LogP contribution in [0.2, 0.25) is 0 Å². The number of nitrogens with zero attached hydrogens (tertiary/aromatic N) is 2. The van der Waals surface area contributed by atoms with E-state index in [-0.39, 0.29) is 17.3 Å². The zero-order chi connectivity index (χ0) is 14.0. The van der Waals surface area contributed by atoms with E-state index in [4.69, 9.17) is 4.74 Å². The van der Waals surface area contributed by atoms with Gasteiger partial charge in [-0.1, -0.05) is 26.8 Å². The molecule has 4 nitrogen and oxygen atoms in total. The van der Waals surface area contributed by atoms with Crippen LogP contribution in [0.5, 0.6) is 0 Å². The Bertz CT molecular complexity index is 448. The average molecular weight is 262 g/mol. The number of ether oxygens (including phenoxy) is 1. The van der Waals surface area contributed by atoms with Gasteiger partial charge in [0.2, 0.25) is 0 Å². The van der Waals surface area contributed by atoms with E-state index in [1.807, 2.05) is 12.3 Å². The largest absolute Gasteiger partial charge is 0.469 e. The van der Waals surface area contributed by atoms with Crippen molar-refractivity contribution >= 4 is 11.8 Å². The van der Waals surface area contributed by atoms with Gasteiger partial charge < -0.3 is 9.64 Å². The molecule has 1 aromatic rings. The monoisotopic (exact) mass is 262 g/mol. The van der Waals surface area contributed by atoms with Crippen LogP contribution >= 0.6 is 0 Å². The topological polar surface area (TPSA) is 42.4 Å². The Hall–Kier alpha value is -1.58. The van der Waals surface area contributed by atoms with Crippen LogP contribution in [0.1, 0.15) is 32.8 Å². The number of carbonyl (C=O) groups is 1. The van der Waals surface area contributed by atoms with Crippen LogP contribution in [-0.2, 0) is 14.9 Å². The van der Waals surface area contributed by atoms with Crippen LogP contribution < -0.4 is 4.90 Å². The molecule has 1 fully saturated rings. The minimum atomic E-state index is -0.117. The third kappa shape index (κ3) is 3.06. The molecule has 2 heterocycles. The maximum absolute atomic E-state index is 11.5. The molecule has 19 heavy (non-hydrogen) atoms. The second kappa shape index (κ2) is 5.19. The second-order valence-corrected chi connectivity index (χ2v) is 6.11. The average Bonchev–Trinajstić information content (AvgIpc) is 2.86. The van der Waals surface area contributed by atoms with Crippen LogP contribution in [0.4, 0.5) is 5.82 Å². The van der Waals surface area contributed by atoms with Crippen LogP contribution in [0, 0.1) is 5.92 Å². The fraction of sp³-hybridized carbons (Fsp3) is 0.600. The maximum Gasteiger partial charge on any atom is 0.310 e. The number of esters is 1. The van der Waals surface area contributed by atoms with E-state index >= 15 is 0 Å². The predicted octanol–water partition coefficient (Wildman–Crippen LogP) is 2.38. The van der Waals surface area contributed by atoms with E-state index in [0.29, 0.717) is 6.54 Å². The third-order valence-electron chi connectivity index (χ3n) is 3.66. The lowest BCUT2D eigenvalue weighted by atomic mass is 9.88. The predicted molar refractivity (Wildman–Crippen MR) is 75.3 cm³/mol. The molecule has 2 rings (SSSR count). The Labute approximate surface area is 114 Å². The van der Waals surface area contributed by atoms with Gasteiger partial charge in [0.15, 0.2) is 0 Å². The Morgan fingerprint density at radius 2 is 2.16 bits per heavy atom. The number of methoxy groups -OCH3 is 1. The Morgan fingerprint density at radius 1 is 1.42 bits per heavy atom. The maximum atomic E-state index is 11.5. The lowest BCUT2D eigenvalue weighted by molar-refractivity contribution is -0.144. The molecule has 1 atom stereocenters. The van der Waals surface area contributed by atoms with Crippen LogP contribution in [0.15, 0.2) is 18.3 Å². The fourth-order valence-electron chi connectivity index (χ4n) is 2.34. The molecule has 0 aliphatic carbocycles. The van der Waals surface area contributed by atoms with E-state index in [1.165, 1.54) is 12.7 Å². The van der Waals surface area contributed by atoms with Gasteiger partial charge >= 0.3 is 5.97 Å². The van der Waals surface area contributed by atoms with Crippen LogP contribution in [0.3, 0.4) is 0 Å². The summed E-state index contributed by atoms with van der Waals surface area (Å²) >= 11 is 0. The first kappa shape index (κ1) is 13.8. The molecule has 4 heteroatoms. The summed E-state index contributed by atoms with van der Waals surface area (Å²) in [6, 6.07) is 4.16. The highest BCUT2D eigenvalue weighted by Gasteiger charge is 2.29. The smallest absolute Gasteiger partial charge is 0.310 e. The normalized spacial score (nSPS) is 19.6. The third-order valence-corrected chi connectivity index (χ3v) is 3.66. The Morgan fingerprint density at radius 3 is 2.68 bits per heavy atom. The van der Waals surface area contributed by atoms with Gasteiger partial charge in [0.1, 0.15) is 5.82 Å². The van der Waals surface area contributed by atoms with Crippen molar-refractivity contribution in [3.63, 3.8) is 0 Å². The first-order chi connectivity index (χ1) is 8.91. The molecular formula is C15H22N2O2. The van der Waals surface area contributed by atoms with Gasteiger partial charge in [0.05, 0.1) is 13.0 Å². The van der Waals surface area contributed by atoms with E-state index in [9.17, 15) is 4.79 Å². The summed E-state index contributed by atoms with van der Waals surface area (Å²) < 4.78 is 4.80. The number of rotatable bonds is 2. The molecule has 1 aromatic heterocycles. The van der Waals surface area contributed by atoms with Gasteiger partial charge in [0, 0.05) is 19.3 Å². The summed E-state index contributed by atoms with van der Waals surface area (Å²) in [5, 5.41) is 0. The fourth-order valence-corrected chi connectivity index (χ4v) is 2.34. The van der Waals surface area contributed by atoms with Crippen molar-refractivity contribution < 1.29 is 9.53 Å². The first-order valence-electron chi connectivity index (χ1n) is 6.71. The Balaban J connectivity index is 2.06. The van der Waals surface area contributed by atoms with E-state index in [0.717, 1.165) is 18.8 Å². The molecule has 1 saturated heterocycles. The Kier molecular flexibility index (Phi) is 3.78. The summed E-state index contributed by atoms with van der Waals surface area (Å²) in [4.78, 5) is 18.2. The van der Waals surface area contributed by atoms with Gasteiger partial charge in [-0.15, -0.1) is 0 Å². The highest BCUT2D eigenvalue weighted by Crippen LogP contribution is 2.26. The molecule has 0 N–H and O–H groups in total. The molecule has 0 aromatic carbocycles. The molecule has 0 spiro atoms. The zero-order valence-corrected chi connectivity index (χ0v) is 12.1. The summed E-state index contributed by atoms with van der Waals surface area (Å²) in [5.74, 6) is 0.808. The molecule has 0 bridgehead atoms. The molecule has 0 amide bonds. The zero-order valence-electron chi connectivity index (χ0n) is 12.1. The summed E-state index contributed by atoms with van der Waals surface area (Å²) in [5.41, 5.74) is 1.34. The van der Waals surface area contributed by atoms with Crippen LogP contribution in [-0.4, -0.2) is 31.2 Å². The van der Waals surface area contributed by atoms with Crippen molar-refractivity contribution in [3.05, 3.63) is 23.9 Å². The van der Waals surface area contributed by atoms with Crippen molar-refractivity contribution in [2.75, 3.05) is 25.1 Å². The van der Waals surface area contributed by atoms with Gasteiger partial charge in [0.25, 0.3) is 0 Å². The molecule has 1 aliphatic heterocycles. The highest BCUT2D eigenvalue weighted by molar-refractivity contribution is 5.74. The molecule has 0 saturated carbocycles. The van der Waals surface area contributed by atoms with E-state index < -0.39 is 0 Å². The lowest BCUT2D eigenvalue weighted by Crippen LogP contribution is -2.24. The number of hydrogen-bond donors (Lipinski definition) is 0. The molecule has 1 aliphatic rings. The van der Waals surface area contributed by atoms with Gasteiger partial charge in [-0.3, -0.25) is 4.79 Å². The van der Waals surface area contributed by atoms with E-state index in [2.05, 4.69) is 36.7 Å². The minimum Gasteiger partial charge on any atom is -0.469 e. The number of hydrogen-bond acceptors (Lipinski definition) is 4. The number of carbonyl (C=O) groups excluding carboxylic acids is 1. The van der Waals surface area contributed by atoms with Gasteiger partial charge in [-0.25, -0.2) is 4.98 Å². The highest BCUT2D eigenvalue weighted by atomic mass is 16.5. The number of anilines is 1. The minimum absolute atomic E-state index is 0.0194. The van der Waals surface area contributed by atoms with Crippen molar-refractivity contribution in [1.29, 1.82) is 0 Å². The van der Waals surface area contributed by atoms with Crippen LogP contribution in [0.25, 0.3) is 0 Å². The summed E-state index contributed by atoms with van der Waals surface area (Å²) in [6.07, 6.45) is 2.77. The molecule has 0 radical (unpaired) electrons. The SMILES string of the molecule is COC(=O)C1CCN(c2ccc(C(C)(C)C)cn2)C1. The lowest BCUT2D eigenvalue weighted by Gasteiger charge is -2.21. The second-order valence-electron chi connectivity index (χ2n) is 6.11. The van der Waals surface area contributed by atoms with Gasteiger partial charge in [-0.05, 0) is 23.5 Å². The summed E-state index contributed by atoms with van der Waals surface area (Å²) in [6.45, 7) is 8.09. The molecular weight excluding hydrogens is 240 g/mol. The quantitative estimate of drug-likeness (QED) is 0.767. The number of aromatic nitrogens is 1.